The van der Waals surface area contributed by atoms with Crippen molar-refractivity contribution in [1.82, 2.24) is 9.88 Å². The minimum absolute atomic E-state index is 0.0133. The van der Waals surface area contributed by atoms with Crippen LogP contribution in [-0.4, -0.2) is 41.2 Å². The Labute approximate surface area is 159 Å². The summed E-state index contributed by atoms with van der Waals surface area (Å²) in [5, 5.41) is 3.12. The second-order valence-corrected chi connectivity index (χ2v) is 9.54. The molecule has 1 aromatic heterocycles. The highest BCUT2D eigenvalue weighted by Crippen LogP contribution is 2.60. The van der Waals surface area contributed by atoms with E-state index in [0.29, 0.717) is 30.3 Å². The van der Waals surface area contributed by atoms with Gasteiger partial charge >= 0.3 is 6.09 Å². The average molecular weight is 373 g/mol. The Bertz CT molecular complexity index is 726. The summed E-state index contributed by atoms with van der Waals surface area (Å²) in [7, 11) is 0. The number of ether oxygens (including phenoxy) is 1. The highest BCUT2D eigenvalue weighted by Gasteiger charge is 2.55. The zero-order valence-electron chi connectivity index (χ0n) is 15.9. The lowest BCUT2D eigenvalue weighted by atomic mass is 9.49. The summed E-state index contributed by atoms with van der Waals surface area (Å²) in [5.41, 5.74) is 0.481. The Morgan fingerprint density at radius 2 is 2.11 bits per heavy atom. The summed E-state index contributed by atoms with van der Waals surface area (Å²) in [6, 6.07) is 2.98. The lowest BCUT2D eigenvalue weighted by Gasteiger charge is -2.58. The maximum Gasteiger partial charge on any atom is 0.410 e. The predicted molar refractivity (Wildman–Crippen MR) is 99.7 cm³/mol. The van der Waals surface area contributed by atoms with E-state index < -0.39 is 0 Å². The fourth-order valence-corrected chi connectivity index (χ4v) is 6.50. The molecule has 5 aliphatic rings. The van der Waals surface area contributed by atoms with Crippen molar-refractivity contribution in [2.75, 3.05) is 18.4 Å². The van der Waals surface area contributed by atoms with E-state index in [9.17, 15) is 9.18 Å². The highest BCUT2D eigenvalue weighted by atomic mass is 19.1. The number of rotatable bonds is 3. The van der Waals surface area contributed by atoms with Gasteiger partial charge in [-0.1, -0.05) is 6.92 Å². The summed E-state index contributed by atoms with van der Waals surface area (Å²) < 4.78 is 19.8. The molecule has 27 heavy (non-hydrogen) atoms. The van der Waals surface area contributed by atoms with Gasteiger partial charge in [-0.2, -0.15) is 0 Å². The first-order chi connectivity index (χ1) is 13.0. The van der Waals surface area contributed by atoms with Gasteiger partial charge in [-0.25, -0.2) is 14.2 Å². The third kappa shape index (κ3) is 3.17. The third-order valence-corrected chi connectivity index (χ3v) is 7.28. The second kappa shape index (κ2) is 6.35. The quantitative estimate of drug-likeness (QED) is 0.868. The van der Waals surface area contributed by atoms with Crippen LogP contribution in [0.5, 0.6) is 0 Å². The minimum atomic E-state index is -0.361. The lowest BCUT2D eigenvalue weighted by Crippen LogP contribution is -2.54. The molecule has 1 saturated heterocycles. The molecule has 2 unspecified atom stereocenters. The van der Waals surface area contributed by atoms with Crippen LogP contribution >= 0.6 is 0 Å². The third-order valence-electron chi connectivity index (χ3n) is 7.28. The van der Waals surface area contributed by atoms with Crippen LogP contribution in [0.3, 0.4) is 0 Å². The Morgan fingerprint density at radius 3 is 2.81 bits per heavy atom. The number of nitrogens with one attached hydrogen (secondary N) is 1. The molecule has 1 N–H and O–H groups in total. The van der Waals surface area contributed by atoms with Crippen LogP contribution in [0.1, 0.15) is 45.4 Å². The van der Waals surface area contributed by atoms with Crippen molar-refractivity contribution in [3.05, 3.63) is 24.1 Å². The number of aromatic nitrogens is 1. The number of hydrogen-bond donors (Lipinski definition) is 1. The molecule has 2 heterocycles. The molecule has 4 saturated carbocycles. The predicted octanol–water partition coefficient (Wildman–Crippen LogP) is 4.06. The van der Waals surface area contributed by atoms with Gasteiger partial charge in [0.15, 0.2) is 11.6 Å². The van der Waals surface area contributed by atoms with Crippen LogP contribution in [0.2, 0.25) is 0 Å². The van der Waals surface area contributed by atoms with E-state index in [0.717, 1.165) is 12.3 Å². The van der Waals surface area contributed by atoms with Gasteiger partial charge in [0.25, 0.3) is 0 Å². The maximum atomic E-state index is 13.8. The molecule has 1 aliphatic heterocycles. The molecular weight excluding hydrogens is 345 g/mol. The van der Waals surface area contributed by atoms with Crippen molar-refractivity contribution >= 4 is 11.9 Å². The fourth-order valence-electron chi connectivity index (χ4n) is 6.50. The largest absolute Gasteiger partial charge is 0.446 e. The van der Waals surface area contributed by atoms with Crippen LogP contribution in [0.4, 0.5) is 15.0 Å². The van der Waals surface area contributed by atoms with Gasteiger partial charge < -0.3 is 15.0 Å². The summed E-state index contributed by atoms with van der Waals surface area (Å²) >= 11 is 0. The van der Waals surface area contributed by atoms with E-state index in [2.05, 4.69) is 17.2 Å². The molecule has 6 rings (SSSR count). The number of likely N-dealkylation sites (tertiary alicyclic amines) is 1. The fraction of sp³-hybridized carbons (Fsp3) is 0.714. The first-order valence-corrected chi connectivity index (χ1v) is 10.3. The van der Waals surface area contributed by atoms with E-state index in [-0.39, 0.29) is 29.9 Å². The SMILES string of the molecule is CC12CC3CC(C1)C(OC(=O)N1CC[C@@H](Nc4ncccc4F)C1)C(C3)C2. The maximum absolute atomic E-state index is 13.8. The Hall–Kier alpha value is -1.85. The first-order valence-electron chi connectivity index (χ1n) is 10.3. The molecule has 3 atom stereocenters. The number of anilines is 1. The lowest BCUT2D eigenvalue weighted by molar-refractivity contribution is -0.133. The molecule has 1 amide bonds. The van der Waals surface area contributed by atoms with Gasteiger partial charge in [0.05, 0.1) is 0 Å². The summed E-state index contributed by atoms with van der Waals surface area (Å²) in [5.74, 6) is 1.83. The molecule has 0 radical (unpaired) electrons. The zero-order valence-corrected chi connectivity index (χ0v) is 15.9. The van der Waals surface area contributed by atoms with Crippen LogP contribution in [0, 0.1) is 29.0 Å². The number of halogens is 1. The molecule has 5 fully saturated rings. The number of nitrogens with zero attached hydrogens (tertiary/aromatic N) is 2. The molecule has 146 valence electrons. The summed E-state index contributed by atoms with van der Waals surface area (Å²) in [4.78, 5) is 18.6. The van der Waals surface area contributed by atoms with Gasteiger partial charge in [0.2, 0.25) is 0 Å². The van der Waals surface area contributed by atoms with E-state index >= 15 is 0 Å². The molecule has 4 bridgehead atoms. The normalized spacial score (nSPS) is 39.6. The molecule has 0 aromatic carbocycles. The van der Waals surface area contributed by atoms with Crippen LogP contribution < -0.4 is 5.32 Å². The van der Waals surface area contributed by atoms with Crippen molar-refractivity contribution in [2.24, 2.45) is 23.2 Å². The number of pyridine rings is 1. The number of amides is 1. The summed E-state index contributed by atoms with van der Waals surface area (Å²) in [6.45, 7) is 3.61. The average Bonchev–Trinajstić information content (AvgIpc) is 3.07. The topological polar surface area (TPSA) is 54.5 Å². The Morgan fingerprint density at radius 1 is 1.33 bits per heavy atom. The smallest absolute Gasteiger partial charge is 0.410 e. The number of hydrogen-bond acceptors (Lipinski definition) is 4. The van der Waals surface area contributed by atoms with Crippen molar-refractivity contribution in [2.45, 2.75) is 57.6 Å². The molecule has 5 nitrogen and oxygen atoms in total. The van der Waals surface area contributed by atoms with Crippen molar-refractivity contribution in [1.29, 1.82) is 0 Å². The minimum Gasteiger partial charge on any atom is -0.446 e. The van der Waals surface area contributed by atoms with E-state index in [1.807, 2.05) is 0 Å². The van der Waals surface area contributed by atoms with Crippen LogP contribution in [0.15, 0.2) is 18.3 Å². The van der Waals surface area contributed by atoms with Gasteiger partial charge in [-0.15, -0.1) is 0 Å². The molecule has 6 heteroatoms. The van der Waals surface area contributed by atoms with Crippen molar-refractivity contribution in [3.63, 3.8) is 0 Å². The molecule has 4 aliphatic carbocycles. The van der Waals surface area contributed by atoms with E-state index in [1.165, 1.54) is 38.2 Å². The van der Waals surface area contributed by atoms with E-state index in [4.69, 9.17) is 4.74 Å². The zero-order chi connectivity index (χ0) is 18.6. The molecular formula is C21H28FN3O2. The van der Waals surface area contributed by atoms with Gasteiger partial charge in [-0.05, 0) is 73.8 Å². The van der Waals surface area contributed by atoms with Crippen LogP contribution in [-0.2, 0) is 4.74 Å². The van der Waals surface area contributed by atoms with Gasteiger partial charge in [0.1, 0.15) is 6.10 Å². The van der Waals surface area contributed by atoms with Crippen molar-refractivity contribution in [3.8, 4) is 0 Å². The van der Waals surface area contributed by atoms with Gasteiger partial charge in [0, 0.05) is 25.3 Å². The Kier molecular flexibility index (Phi) is 4.06. The molecule has 0 spiro atoms. The Balaban J connectivity index is 1.19. The van der Waals surface area contributed by atoms with E-state index in [1.54, 1.807) is 17.2 Å². The first kappa shape index (κ1) is 17.3. The number of carbonyl (C=O) groups excluding carboxylic acids is 1. The van der Waals surface area contributed by atoms with Gasteiger partial charge in [-0.3, -0.25) is 0 Å². The highest BCUT2D eigenvalue weighted by molar-refractivity contribution is 5.68. The standard InChI is InChI=1S/C21H28FN3O2/c1-21-9-13-7-14(10-21)18(15(8-13)11-21)27-20(26)25-6-4-16(12-25)24-19-17(22)3-2-5-23-19/h2-3,5,13-16,18H,4,6-12H2,1H3,(H,23,24)/t13?,14?,15?,16-,18?,21?/m1/s1. The second-order valence-electron chi connectivity index (χ2n) is 9.54. The summed E-state index contributed by atoms with van der Waals surface area (Å²) in [6.07, 6.45) is 8.50. The monoisotopic (exact) mass is 373 g/mol. The molecule has 1 aromatic rings. The number of carbonyl (C=O) groups is 1. The van der Waals surface area contributed by atoms with Crippen LogP contribution in [0.25, 0.3) is 0 Å². The van der Waals surface area contributed by atoms with Crippen molar-refractivity contribution < 1.29 is 13.9 Å².